The quantitative estimate of drug-likeness (QED) is 0.571. The van der Waals surface area contributed by atoms with Crippen LogP contribution in [0, 0.1) is 0 Å². The Balaban J connectivity index is 2.56. The van der Waals surface area contributed by atoms with Gasteiger partial charge in [0.1, 0.15) is 0 Å². The summed E-state index contributed by atoms with van der Waals surface area (Å²) in [7, 11) is 0. The molecule has 66 valence electrons. The zero-order chi connectivity index (χ0) is 8.48. The van der Waals surface area contributed by atoms with E-state index in [1.54, 1.807) is 0 Å². The molecule has 1 aliphatic heterocycles. The van der Waals surface area contributed by atoms with Crippen molar-refractivity contribution in [3.63, 3.8) is 0 Å². The minimum absolute atomic E-state index is 0.0775. The molecule has 1 heterocycles. The molecule has 0 saturated carbocycles. The molecule has 1 saturated heterocycles. The molecule has 3 heteroatoms. The van der Waals surface area contributed by atoms with Crippen LogP contribution in [0.5, 0.6) is 0 Å². The van der Waals surface area contributed by atoms with Crippen molar-refractivity contribution in [2.24, 2.45) is 0 Å². The second-order valence-electron chi connectivity index (χ2n) is 3.72. The van der Waals surface area contributed by atoms with Crippen molar-refractivity contribution in [1.29, 1.82) is 0 Å². The Kier molecular flexibility index (Phi) is 2.52. The van der Waals surface area contributed by atoms with Crippen molar-refractivity contribution in [1.82, 2.24) is 5.32 Å². The Morgan fingerprint density at radius 2 is 2.27 bits per heavy atom. The summed E-state index contributed by atoms with van der Waals surface area (Å²) in [6.07, 6.45) is 0.131. The molecule has 2 unspecified atom stereocenters. The van der Waals surface area contributed by atoms with E-state index in [0.29, 0.717) is 0 Å². The van der Waals surface area contributed by atoms with Crippen LogP contribution in [-0.4, -0.2) is 36.0 Å². The Morgan fingerprint density at radius 3 is 2.73 bits per heavy atom. The molecular formula is C8H17NO2. The number of nitrogens with one attached hydrogen (secondary N) is 1. The lowest BCUT2D eigenvalue weighted by atomic mass is 9.95. The van der Waals surface area contributed by atoms with E-state index in [1.165, 1.54) is 0 Å². The first kappa shape index (κ1) is 8.97. The molecule has 0 aromatic carbocycles. The Hall–Kier alpha value is -0.120. The minimum Gasteiger partial charge on any atom is -0.394 e. The zero-order valence-electron chi connectivity index (χ0n) is 7.42. The van der Waals surface area contributed by atoms with Crippen LogP contribution < -0.4 is 5.32 Å². The Bertz CT molecular complexity index is 136. The lowest BCUT2D eigenvalue weighted by Crippen LogP contribution is -2.59. The zero-order valence-corrected chi connectivity index (χ0v) is 7.42. The summed E-state index contributed by atoms with van der Waals surface area (Å²) in [5.41, 5.74) is -0.0960. The third-order valence-electron chi connectivity index (χ3n) is 2.21. The van der Waals surface area contributed by atoms with Crippen molar-refractivity contribution in [2.45, 2.75) is 38.5 Å². The van der Waals surface area contributed by atoms with Crippen molar-refractivity contribution in [2.75, 3.05) is 13.2 Å². The Labute approximate surface area is 67.7 Å². The fourth-order valence-corrected chi connectivity index (χ4v) is 1.29. The second-order valence-corrected chi connectivity index (χ2v) is 3.72. The molecule has 0 aliphatic carbocycles. The fraction of sp³-hybridized carbons (Fsp3) is 1.00. The largest absolute Gasteiger partial charge is 0.394 e. The first-order chi connectivity index (χ1) is 5.06. The first-order valence-corrected chi connectivity index (χ1v) is 4.07. The van der Waals surface area contributed by atoms with Gasteiger partial charge in [0.25, 0.3) is 0 Å². The monoisotopic (exact) mass is 159 g/mol. The number of aliphatic hydroxyl groups is 1. The highest BCUT2D eigenvalue weighted by Crippen LogP contribution is 2.18. The van der Waals surface area contributed by atoms with Crippen LogP contribution in [0.2, 0.25) is 0 Å². The SMILES string of the molecule is CC1CNC(C)(C)C(CO)O1. The van der Waals surface area contributed by atoms with E-state index in [4.69, 9.17) is 9.84 Å². The average Bonchev–Trinajstić information content (AvgIpc) is 1.94. The average molecular weight is 159 g/mol. The normalized spacial score (nSPS) is 37.1. The highest BCUT2D eigenvalue weighted by molar-refractivity contribution is 4.91. The van der Waals surface area contributed by atoms with Crippen LogP contribution in [-0.2, 0) is 4.74 Å². The van der Waals surface area contributed by atoms with Gasteiger partial charge in [0, 0.05) is 12.1 Å². The standard InChI is InChI=1S/C8H17NO2/c1-6-4-9-8(2,3)7(5-10)11-6/h6-7,9-10H,4-5H2,1-3H3. The van der Waals surface area contributed by atoms with E-state index in [2.05, 4.69) is 5.32 Å². The molecular weight excluding hydrogens is 142 g/mol. The molecule has 0 radical (unpaired) electrons. The predicted octanol–water partition coefficient (Wildman–Crippen LogP) is 0.134. The lowest BCUT2D eigenvalue weighted by Gasteiger charge is -2.41. The smallest absolute Gasteiger partial charge is 0.0985 e. The minimum atomic E-state index is -0.0960. The van der Waals surface area contributed by atoms with Crippen molar-refractivity contribution < 1.29 is 9.84 Å². The van der Waals surface area contributed by atoms with Gasteiger partial charge in [-0.05, 0) is 20.8 Å². The molecule has 0 aromatic rings. The molecule has 1 aliphatic rings. The van der Waals surface area contributed by atoms with Crippen molar-refractivity contribution >= 4 is 0 Å². The van der Waals surface area contributed by atoms with E-state index in [9.17, 15) is 0 Å². The summed E-state index contributed by atoms with van der Waals surface area (Å²) in [6, 6.07) is 0. The molecule has 0 amide bonds. The first-order valence-electron chi connectivity index (χ1n) is 4.07. The molecule has 11 heavy (non-hydrogen) atoms. The van der Waals surface area contributed by atoms with Crippen LogP contribution in [0.15, 0.2) is 0 Å². The fourth-order valence-electron chi connectivity index (χ4n) is 1.29. The van der Waals surface area contributed by atoms with E-state index < -0.39 is 0 Å². The molecule has 1 fully saturated rings. The maximum absolute atomic E-state index is 8.98. The van der Waals surface area contributed by atoms with E-state index in [1.807, 2.05) is 20.8 Å². The van der Waals surface area contributed by atoms with Gasteiger partial charge in [0.05, 0.1) is 18.8 Å². The summed E-state index contributed by atoms with van der Waals surface area (Å²) in [5, 5.41) is 12.3. The van der Waals surface area contributed by atoms with Gasteiger partial charge in [-0.3, -0.25) is 0 Å². The molecule has 0 bridgehead atoms. The van der Waals surface area contributed by atoms with E-state index in [0.717, 1.165) is 6.54 Å². The van der Waals surface area contributed by atoms with Gasteiger partial charge in [-0.2, -0.15) is 0 Å². The number of hydrogen-bond acceptors (Lipinski definition) is 3. The summed E-state index contributed by atoms with van der Waals surface area (Å²) in [4.78, 5) is 0. The van der Waals surface area contributed by atoms with Gasteiger partial charge in [-0.15, -0.1) is 0 Å². The number of aliphatic hydroxyl groups excluding tert-OH is 1. The van der Waals surface area contributed by atoms with Crippen molar-refractivity contribution in [3.8, 4) is 0 Å². The van der Waals surface area contributed by atoms with Gasteiger partial charge in [-0.25, -0.2) is 0 Å². The van der Waals surface area contributed by atoms with Gasteiger partial charge in [-0.1, -0.05) is 0 Å². The third kappa shape index (κ3) is 1.92. The lowest BCUT2D eigenvalue weighted by molar-refractivity contribution is -0.102. The molecule has 1 rings (SSSR count). The number of hydrogen-bond donors (Lipinski definition) is 2. The van der Waals surface area contributed by atoms with Gasteiger partial charge in [0.2, 0.25) is 0 Å². The Morgan fingerprint density at radius 1 is 1.64 bits per heavy atom. The number of rotatable bonds is 1. The summed E-state index contributed by atoms with van der Waals surface area (Å²) < 4.78 is 5.54. The third-order valence-corrected chi connectivity index (χ3v) is 2.21. The highest BCUT2D eigenvalue weighted by atomic mass is 16.5. The summed E-state index contributed by atoms with van der Waals surface area (Å²) >= 11 is 0. The topological polar surface area (TPSA) is 41.5 Å². The summed E-state index contributed by atoms with van der Waals surface area (Å²) in [5.74, 6) is 0. The van der Waals surface area contributed by atoms with Crippen molar-refractivity contribution in [3.05, 3.63) is 0 Å². The molecule has 2 N–H and O–H groups in total. The summed E-state index contributed by atoms with van der Waals surface area (Å²) in [6.45, 7) is 7.04. The maximum Gasteiger partial charge on any atom is 0.0985 e. The molecule has 3 nitrogen and oxygen atoms in total. The van der Waals surface area contributed by atoms with Crippen LogP contribution >= 0.6 is 0 Å². The molecule has 2 atom stereocenters. The van der Waals surface area contributed by atoms with Gasteiger partial charge < -0.3 is 15.2 Å². The van der Waals surface area contributed by atoms with E-state index >= 15 is 0 Å². The highest BCUT2D eigenvalue weighted by Gasteiger charge is 2.34. The van der Waals surface area contributed by atoms with Crippen LogP contribution in [0.4, 0.5) is 0 Å². The van der Waals surface area contributed by atoms with Crippen LogP contribution in [0.25, 0.3) is 0 Å². The second kappa shape index (κ2) is 3.09. The van der Waals surface area contributed by atoms with Crippen LogP contribution in [0.3, 0.4) is 0 Å². The number of ether oxygens (including phenoxy) is 1. The van der Waals surface area contributed by atoms with Gasteiger partial charge >= 0.3 is 0 Å². The van der Waals surface area contributed by atoms with Crippen LogP contribution in [0.1, 0.15) is 20.8 Å². The maximum atomic E-state index is 8.98. The number of morpholine rings is 1. The van der Waals surface area contributed by atoms with E-state index in [-0.39, 0.29) is 24.4 Å². The predicted molar refractivity (Wildman–Crippen MR) is 43.5 cm³/mol. The van der Waals surface area contributed by atoms with Gasteiger partial charge in [0.15, 0.2) is 0 Å². The molecule has 0 spiro atoms. The molecule has 0 aromatic heterocycles.